The quantitative estimate of drug-likeness (QED) is 0.860. The zero-order valence-electron chi connectivity index (χ0n) is 11.9. The Hall–Kier alpha value is -0.770. The third kappa shape index (κ3) is 2.36. The molecule has 0 radical (unpaired) electrons. The number of hydrogen-bond donors (Lipinski definition) is 1. The molecule has 0 aromatic heterocycles. The number of carbonyl (C=O) groups is 1. The number of rotatable bonds is 1. The van der Waals surface area contributed by atoms with Crippen LogP contribution in [-0.2, 0) is 11.2 Å². The van der Waals surface area contributed by atoms with Gasteiger partial charge in [0.1, 0.15) is 0 Å². The number of nitrogens with zero attached hydrogens (tertiary/aromatic N) is 1. The number of anilines is 1. The van der Waals surface area contributed by atoms with Crippen LogP contribution >= 0.6 is 24.0 Å². The highest BCUT2D eigenvalue weighted by Gasteiger charge is 2.59. The monoisotopic (exact) mass is 326 g/mol. The van der Waals surface area contributed by atoms with Crippen LogP contribution in [-0.4, -0.2) is 25.5 Å². The van der Waals surface area contributed by atoms with E-state index in [9.17, 15) is 4.79 Å². The summed E-state index contributed by atoms with van der Waals surface area (Å²) < 4.78 is 0. The molecule has 2 fully saturated rings. The van der Waals surface area contributed by atoms with Crippen LogP contribution < -0.4 is 10.2 Å². The largest absolute Gasteiger partial charge is 0.317 e. The van der Waals surface area contributed by atoms with Crippen molar-refractivity contribution in [3.8, 4) is 0 Å². The molecule has 1 aromatic rings. The van der Waals surface area contributed by atoms with E-state index < -0.39 is 0 Å². The Kier molecular flexibility index (Phi) is 3.93. The van der Waals surface area contributed by atoms with Crippen LogP contribution in [0.3, 0.4) is 0 Å². The summed E-state index contributed by atoms with van der Waals surface area (Å²) in [6.07, 6.45) is 4.28. The first-order valence-corrected chi connectivity index (χ1v) is 7.89. The van der Waals surface area contributed by atoms with E-state index in [-0.39, 0.29) is 18.3 Å². The molecule has 2 heterocycles. The number of amides is 1. The number of carbonyl (C=O) groups excluding carboxylic acids is 1. The second-order valence-electron chi connectivity index (χ2n) is 6.35. The lowest BCUT2D eigenvalue weighted by Crippen LogP contribution is -2.35. The van der Waals surface area contributed by atoms with Gasteiger partial charge in [0.2, 0.25) is 5.91 Å². The zero-order valence-corrected chi connectivity index (χ0v) is 13.5. The van der Waals surface area contributed by atoms with Crippen molar-refractivity contribution in [2.75, 3.05) is 24.5 Å². The molecule has 1 aliphatic carbocycles. The van der Waals surface area contributed by atoms with Gasteiger partial charge in [-0.25, -0.2) is 0 Å². The van der Waals surface area contributed by atoms with Crippen LogP contribution in [0.5, 0.6) is 0 Å². The van der Waals surface area contributed by atoms with Gasteiger partial charge in [-0.15, -0.1) is 12.4 Å². The summed E-state index contributed by atoms with van der Waals surface area (Å²) in [4.78, 5) is 14.8. The molecule has 3 aliphatic rings. The maximum absolute atomic E-state index is 12.8. The molecule has 1 amide bonds. The zero-order chi connectivity index (χ0) is 13.7. The van der Waals surface area contributed by atoms with Crippen LogP contribution in [0.15, 0.2) is 18.2 Å². The molecule has 1 unspecified atom stereocenters. The van der Waals surface area contributed by atoms with E-state index in [1.54, 1.807) is 0 Å². The van der Waals surface area contributed by atoms with E-state index in [0.29, 0.717) is 11.3 Å². The maximum atomic E-state index is 12.8. The summed E-state index contributed by atoms with van der Waals surface area (Å²) >= 11 is 6.23. The van der Waals surface area contributed by atoms with Crippen molar-refractivity contribution in [2.45, 2.75) is 25.7 Å². The van der Waals surface area contributed by atoms with E-state index in [2.05, 4.69) is 5.32 Å². The average molecular weight is 327 g/mol. The van der Waals surface area contributed by atoms with Crippen molar-refractivity contribution in [1.29, 1.82) is 0 Å². The predicted molar refractivity (Wildman–Crippen MR) is 87.4 cm³/mol. The fourth-order valence-electron chi connectivity index (χ4n) is 3.98. The van der Waals surface area contributed by atoms with E-state index >= 15 is 0 Å². The number of benzene rings is 1. The van der Waals surface area contributed by atoms with Crippen molar-refractivity contribution in [2.24, 2.45) is 11.3 Å². The van der Waals surface area contributed by atoms with Gasteiger partial charge in [0.05, 0.1) is 0 Å². The van der Waals surface area contributed by atoms with Crippen LogP contribution in [0.2, 0.25) is 5.02 Å². The van der Waals surface area contributed by atoms with Gasteiger partial charge in [-0.1, -0.05) is 17.7 Å². The van der Waals surface area contributed by atoms with Crippen molar-refractivity contribution < 1.29 is 4.79 Å². The summed E-state index contributed by atoms with van der Waals surface area (Å²) in [6, 6.07) is 5.89. The molecule has 1 aromatic carbocycles. The second-order valence-corrected chi connectivity index (χ2v) is 6.75. The summed E-state index contributed by atoms with van der Waals surface area (Å²) in [5, 5.41) is 4.19. The Balaban J connectivity index is 0.00000132. The number of nitrogens with one attached hydrogen (secondary N) is 1. The minimum atomic E-state index is 0. The Morgan fingerprint density at radius 3 is 2.86 bits per heavy atom. The third-order valence-corrected chi connectivity index (χ3v) is 5.68. The van der Waals surface area contributed by atoms with Crippen LogP contribution in [0.1, 0.15) is 24.8 Å². The molecule has 5 heteroatoms. The predicted octanol–water partition coefficient (Wildman–Crippen LogP) is 3.04. The first-order chi connectivity index (χ1) is 9.71. The highest BCUT2D eigenvalue weighted by Crippen LogP contribution is 2.59. The van der Waals surface area contributed by atoms with Gasteiger partial charge in [0.15, 0.2) is 0 Å². The number of fused-ring (bicyclic) bond motifs is 1. The lowest BCUT2D eigenvalue weighted by molar-refractivity contribution is -0.120. The molecule has 2 aliphatic heterocycles. The van der Waals surface area contributed by atoms with E-state index in [1.165, 1.54) is 0 Å². The first-order valence-electron chi connectivity index (χ1n) is 7.51. The number of piperidine rings is 1. The molecule has 4 rings (SSSR count). The van der Waals surface area contributed by atoms with Crippen molar-refractivity contribution >= 4 is 35.6 Å². The summed E-state index contributed by atoms with van der Waals surface area (Å²) in [7, 11) is 0. The van der Waals surface area contributed by atoms with Gasteiger partial charge < -0.3 is 10.2 Å². The van der Waals surface area contributed by atoms with Crippen molar-refractivity contribution in [3.63, 3.8) is 0 Å². The standard InChI is InChI=1S/C16H19ClN2O.ClH/c17-13-2-1-3-14-11(13)4-9-19(14)15(20)12-10-16(12)5-7-18-8-6-16;/h1-3,12,18H,4-10H2;1H. The smallest absolute Gasteiger partial charge is 0.230 e. The van der Waals surface area contributed by atoms with Gasteiger partial charge in [0, 0.05) is 23.2 Å². The number of hydrogen-bond acceptors (Lipinski definition) is 2. The fraction of sp³-hybridized carbons (Fsp3) is 0.562. The molecule has 0 bridgehead atoms. The Morgan fingerprint density at radius 2 is 2.10 bits per heavy atom. The SMILES string of the molecule is Cl.O=C(C1CC12CCNCC2)N1CCc2c(Cl)cccc21. The van der Waals surface area contributed by atoms with E-state index in [4.69, 9.17) is 11.6 Å². The molecule has 21 heavy (non-hydrogen) atoms. The minimum absolute atomic E-state index is 0. The van der Waals surface area contributed by atoms with Gasteiger partial charge in [-0.2, -0.15) is 0 Å². The second kappa shape index (κ2) is 5.45. The molecular weight excluding hydrogens is 307 g/mol. The highest BCUT2D eigenvalue weighted by molar-refractivity contribution is 6.32. The molecule has 1 atom stereocenters. The topological polar surface area (TPSA) is 32.3 Å². The highest BCUT2D eigenvalue weighted by atomic mass is 35.5. The Labute approximate surface area is 136 Å². The molecule has 1 N–H and O–H groups in total. The van der Waals surface area contributed by atoms with Crippen molar-refractivity contribution in [1.82, 2.24) is 5.32 Å². The van der Waals surface area contributed by atoms with Crippen LogP contribution in [0.25, 0.3) is 0 Å². The third-order valence-electron chi connectivity index (χ3n) is 5.32. The van der Waals surface area contributed by atoms with Crippen LogP contribution in [0, 0.1) is 11.3 Å². The van der Waals surface area contributed by atoms with Gasteiger partial charge in [-0.3, -0.25) is 4.79 Å². The fourth-order valence-corrected chi connectivity index (χ4v) is 4.25. The van der Waals surface area contributed by atoms with E-state index in [0.717, 1.165) is 61.6 Å². The molecular formula is C16H20Cl2N2O. The van der Waals surface area contributed by atoms with Gasteiger partial charge in [0.25, 0.3) is 0 Å². The maximum Gasteiger partial charge on any atom is 0.230 e. The van der Waals surface area contributed by atoms with Crippen molar-refractivity contribution in [3.05, 3.63) is 28.8 Å². The first kappa shape index (κ1) is 15.1. The van der Waals surface area contributed by atoms with Crippen LogP contribution in [0.4, 0.5) is 5.69 Å². The van der Waals surface area contributed by atoms with Gasteiger partial charge in [-0.05, 0) is 61.9 Å². The van der Waals surface area contributed by atoms with Gasteiger partial charge >= 0.3 is 0 Å². The summed E-state index contributed by atoms with van der Waals surface area (Å²) in [5.41, 5.74) is 2.49. The normalized spacial score (nSPS) is 25.4. The Morgan fingerprint density at radius 1 is 1.33 bits per heavy atom. The summed E-state index contributed by atoms with van der Waals surface area (Å²) in [5.74, 6) is 0.572. The number of halogens is 2. The molecule has 1 saturated carbocycles. The molecule has 3 nitrogen and oxygen atoms in total. The average Bonchev–Trinajstić information content (AvgIpc) is 2.97. The summed E-state index contributed by atoms with van der Waals surface area (Å²) in [6.45, 7) is 2.92. The Bertz CT molecular complexity index is 569. The molecule has 114 valence electrons. The lowest BCUT2D eigenvalue weighted by Gasteiger charge is -2.25. The minimum Gasteiger partial charge on any atom is -0.317 e. The molecule has 1 saturated heterocycles. The molecule has 1 spiro atoms. The lowest BCUT2D eigenvalue weighted by atomic mass is 9.91. The van der Waals surface area contributed by atoms with E-state index in [1.807, 2.05) is 23.1 Å².